The van der Waals surface area contributed by atoms with Crippen molar-refractivity contribution in [1.82, 2.24) is 0 Å². The summed E-state index contributed by atoms with van der Waals surface area (Å²) in [4.78, 5) is 12.0. The fourth-order valence-electron chi connectivity index (χ4n) is 2.41. The second kappa shape index (κ2) is 6.37. The van der Waals surface area contributed by atoms with Crippen LogP contribution in [0.2, 0.25) is 0 Å². The summed E-state index contributed by atoms with van der Waals surface area (Å²) in [7, 11) is 0. The number of rotatable bonds is 4. The molecule has 0 spiro atoms. The number of aryl methyl sites for hydroxylation is 1. The van der Waals surface area contributed by atoms with Crippen molar-refractivity contribution >= 4 is 21.7 Å². The topological polar surface area (TPSA) is 26.3 Å². The smallest absolute Gasteiger partial charge is 0.173 e. The first-order valence-corrected chi connectivity index (χ1v) is 7.38. The summed E-state index contributed by atoms with van der Waals surface area (Å²) >= 11 is 3.46. The standard InChI is InChI=1S/C15H19BrO2/c1-11-7-8-15(13(16)9-11)18-10-14(17)12-5-3-2-4-6-12/h7-9,12H,2-6,10H2,1H3. The average molecular weight is 311 g/mol. The quantitative estimate of drug-likeness (QED) is 0.829. The minimum atomic E-state index is 0.201. The molecule has 2 nitrogen and oxygen atoms in total. The lowest BCUT2D eigenvalue weighted by Crippen LogP contribution is -2.23. The number of benzene rings is 1. The van der Waals surface area contributed by atoms with Gasteiger partial charge in [0.15, 0.2) is 5.78 Å². The van der Waals surface area contributed by atoms with Gasteiger partial charge in [-0.2, -0.15) is 0 Å². The third-order valence-electron chi connectivity index (χ3n) is 3.52. The monoisotopic (exact) mass is 310 g/mol. The first-order chi connectivity index (χ1) is 8.66. The summed E-state index contributed by atoms with van der Waals surface area (Å²) in [6.45, 7) is 2.23. The van der Waals surface area contributed by atoms with Gasteiger partial charge in [-0.25, -0.2) is 0 Å². The summed E-state index contributed by atoms with van der Waals surface area (Å²) in [6, 6.07) is 5.90. The summed E-state index contributed by atoms with van der Waals surface area (Å²) < 4.78 is 6.53. The zero-order valence-electron chi connectivity index (χ0n) is 10.7. The van der Waals surface area contributed by atoms with Crippen molar-refractivity contribution in [2.24, 2.45) is 5.92 Å². The molecule has 0 aromatic heterocycles. The molecule has 3 heteroatoms. The molecule has 0 aliphatic heterocycles. The molecule has 0 bridgehead atoms. The van der Waals surface area contributed by atoms with Gasteiger partial charge >= 0.3 is 0 Å². The number of carbonyl (C=O) groups is 1. The van der Waals surface area contributed by atoms with Crippen molar-refractivity contribution in [1.29, 1.82) is 0 Å². The second-order valence-electron chi connectivity index (χ2n) is 5.02. The lowest BCUT2D eigenvalue weighted by Gasteiger charge is -2.20. The van der Waals surface area contributed by atoms with Crippen LogP contribution in [-0.2, 0) is 4.79 Å². The molecule has 1 aliphatic rings. The number of halogens is 1. The van der Waals surface area contributed by atoms with Crippen molar-refractivity contribution in [2.45, 2.75) is 39.0 Å². The predicted molar refractivity (Wildman–Crippen MR) is 76.0 cm³/mol. The van der Waals surface area contributed by atoms with E-state index in [0.29, 0.717) is 0 Å². The van der Waals surface area contributed by atoms with Crippen molar-refractivity contribution in [3.8, 4) is 5.75 Å². The number of hydrogen-bond donors (Lipinski definition) is 0. The highest BCUT2D eigenvalue weighted by Gasteiger charge is 2.21. The van der Waals surface area contributed by atoms with E-state index in [4.69, 9.17) is 4.74 Å². The zero-order valence-corrected chi connectivity index (χ0v) is 12.3. The predicted octanol–water partition coefficient (Wildman–Crippen LogP) is 4.29. The highest BCUT2D eigenvalue weighted by molar-refractivity contribution is 9.10. The van der Waals surface area contributed by atoms with Crippen LogP contribution >= 0.6 is 15.9 Å². The number of hydrogen-bond acceptors (Lipinski definition) is 2. The third-order valence-corrected chi connectivity index (χ3v) is 4.14. The highest BCUT2D eigenvalue weighted by atomic mass is 79.9. The summed E-state index contributed by atoms with van der Waals surface area (Å²) in [6.07, 6.45) is 5.72. The molecular weight excluding hydrogens is 292 g/mol. The molecular formula is C15H19BrO2. The summed E-state index contributed by atoms with van der Waals surface area (Å²) in [5.74, 6) is 1.23. The van der Waals surface area contributed by atoms with E-state index in [2.05, 4.69) is 15.9 Å². The Morgan fingerprint density at radius 1 is 1.33 bits per heavy atom. The largest absolute Gasteiger partial charge is 0.485 e. The van der Waals surface area contributed by atoms with Crippen molar-refractivity contribution in [2.75, 3.05) is 6.61 Å². The molecule has 0 unspecified atom stereocenters. The Labute approximate surface area is 117 Å². The molecule has 1 fully saturated rings. The molecule has 0 radical (unpaired) electrons. The maximum absolute atomic E-state index is 12.0. The van der Waals surface area contributed by atoms with E-state index in [0.717, 1.165) is 23.1 Å². The maximum Gasteiger partial charge on any atom is 0.173 e. The van der Waals surface area contributed by atoms with Gasteiger partial charge in [0.2, 0.25) is 0 Å². The van der Waals surface area contributed by atoms with Gasteiger partial charge in [0.1, 0.15) is 12.4 Å². The number of carbonyl (C=O) groups excluding carboxylic acids is 1. The van der Waals surface area contributed by atoms with Crippen LogP contribution in [0.3, 0.4) is 0 Å². The summed E-state index contributed by atoms with van der Waals surface area (Å²) in [5, 5.41) is 0. The Balaban J connectivity index is 1.88. The average Bonchev–Trinajstić information content (AvgIpc) is 2.38. The molecule has 0 saturated heterocycles. The Kier molecular flexibility index (Phi) is 4.81. The lowest BCUT2D eigenvalue weighted by atomic mass is 9.86. The van der Waals surface area contributed by atoms with E-state index in [9.17, 15) is 4.79 Å². The second-order valence-corrected chi connectivity index (χ2v) is 5.88. The first kappa shape index (κ1) is 13.6. The first-order valence-electron chi connectivity index (χ1n) is 6.58. The number of Topliss-reactive ketones (excluding diaryl/α,β-unsaturated/α-hetero) is 1. The van der Waals surface area contributed by atoms with Crippen LogP contribution in [0.15, 0.2) is 22.7 Å². The van der Waals surface area contributed by atoms with Gasteiger partial charge in [-0.3, -0.25) is 4.79 Å². The molecule has 1 aromatic rings. The zero-order chi connectivity index (χ0) is 13.0. The van der Waals surface area contributed by atoms with Crippen LogP contribution < -0.4 is 4.74 Å². The fourth-order valence-corrected chi connectivity index (χ4v) is 3.02. The van der Waals surface area contributed by atoms with Crippen LogP contribution in [0.5, 0.6) is 5.75 Å². The Morgan fingerprint density at radius 3 is 2.72 bits per heavy atom. The van der Waals surface area contributed by atoms with Crippen LogP contribution in [-0.4, -0.2) is 12.4 Å². The minimum Gasteiger partial charge on any atom is -0.485 e. The minimum absolute atomic E-state index is 0.201. The van der Waals surface area contributed by atoms with Crippen molar-refractivity contribution in [3.63, 3.8) is 0 Å². The van der Waals surface area contributed by atoms with Gasteiger partial charge in [0.25, 0.3) is 0 Å². The fraction of sp³-hybridized carbons (Fsp3) is 0.533. The molecule has 0 heterocycles. The number of ether oxygens (including phenoxy) is 1. The van der Waals surface area contributed by atoms with Gasteiger partial charge in [0, 0.05) is 5.92 Å². The van der Waals surface area contributed by atoms with Gasteiger partial charge in [-0.1, -0.05) is 25.3 Å². The van der Waals surface area contributed by atoms with Crippen LogP contribution in [0.1, 0.15) is 37.7 Å². The highest BCUT2D eigenvalue weighted by Crippen LogP contribution is 2.27. The van der Waals surface area contributed by atoms with E-state index < -0.39 is 0 Å². The van der Waals surface area contributed by atoms with Gasteiger partial charge in [-0.05, 0) is 53.4 Å². The van der Waals surface area contributed by atoms with Crippen LogP contribution in [0, 0.1) is 12.8 Å². The van der Waals surface area contributed by atoms with Gasteiger partial charge < -0.3 is 4.74 Å². The normalized spacial score (nSPS) is 16.6. The van der Waals surface area contributed by atoms with E-state index >= 15 is 0 Å². The van der Waals surface area contributed by atoms with E-state index in [1.54, 1.807) is 0 Å². The Hall–Kier alpha value is -0.830. The van der Waals surface area contributed by atoms with E-state index in [1.165, 1.54) is 24.8 Å². The molecule has 18 heavy (non-hydrogen) atoms. The van der Waals surface area contributed by atoms with Crippen molar-refractivity contribution < 1.29 is 9.53 Å². The van der Waals surface area contributed by atoms with Crippen LogP contribution in [0.4, 0.5) is 0 Å². The van der Waals surface area contributed by atoms with Crippen molar-refractivity contribution in [3.05, 3.63) is 28.2 Å². The molecule has 1 aliphatic carbocycles. The van der Waals surface area contributed by atoms with Gasteiger partial charge in [0.05, 0.1) is 4.47 Å². The third kappa shape index (κ3) is 3.58. The SMILES string of the molecule is Cc1ccc(OCC(=O)C2CCCCC2)c(Br)c1. The summed E-state index contributed by atoms with van der Waals surface area (Å²) in [5.41, 5.74) is 1.17. The molecule has 0 atom stereocenters. The molecule has 98 valence electrons. The molecule has 1 aromatic carbocycles. The van der Waals surface area contributed by atoms with E-state index in [1.807, 2.05) is 25.1 Å². The Morgan fingerprint density at radius 2 is 2.06 bits per heavy atom. The van der Waals surface area contributed by atoms with E-state index in [-0.39, 0.29) is 18.3 Å². The molecule has 0 amide bonds. The molecule has 2 rings (SSSR count). The van der Waals surface area contributed by atoms with Crippen LogP contribution in [0.25, 0.3) is 0 Å². The molecule has 1 saturated carbocycles. The number of ketones is 1. The maximum atomic E-state index is 12.0. The Bertz CT molecular complexity index is 423. The molecule has 0 N–H and O–H groups in total. The van der Waals surface area contributed by atoms with Gasteiger partial charge in [-0.15, -0.1) is 0 Å². The lowest BCUT2D eigenvalue weighted by molar-refractivity contribution is -0.125.